The lowest BCUT2D eigenvalue weighted by Crippen LogP contribution is -2.35. The zero-order chi connectivity index (χ0) is 15.3. The molecule has 0 spiro atoms. The Morgan fingerprint density at radius 2 is 2.09 bits per heavy atom. The Bertz CT molecular complexity index is 599. The van der Waals surface area contributed by atoms with Crippen LogP contribution in [0, 0.1) is 0 Å². The van der Waals surface area contributed by atoms with Crippen molar-refractivity contribution in [2.75, 3.05) is 33.3 Å². The van der Waals surface area contributed by atoms with Gasteiger partial charge >= 0.3 is 5.97 Å². The van der Waals surface area contributed by atoms with Crippen LogP contribution in [0.25, 0.3) is 0 Å². The molecule has 1 heterocycles. The summed E-state index contributed by atoms with van der Waals surface area (Å²) in [6.45, 7) is 2.52. The van der Waals surface area contributed by atoms with Gasteiger partial charge in [0, 0.05) is 19.6 Å². The Balaban J connectivity index is 0.00000242. The van der Waals surface area contributed by atoms with Crippen LogP contribution >= 0.6 is 12.4 Å². The molecule has 0 bridgehead atoms. The lowest BCUT2D eigenvalue weighted by molar-refractivity contribution is 0.0600. The van der Waals surface area contributed by atoms with Gasteiger partial charge in [0.1, 0.15) is 0 Å². The number of methoxy groups -OCH3 is 1. The zero-order valence-electron chi connectivity index (χ0n) is 12.4. The lowest BCUT2D eigenvalue weighted by atomic mass is 10.1. The van der Waals surface area contributed by atoms with E-state index in [-0.39, 0.29) is 18.2 Å². The van der Waals surface area contributed by atoms with Gasteiger partial charge in [0.25, 0.3) is 0 Å². The number of esters is 1. The Kier molecular flexibility index (Phi) is 7.28. The van der Waals surface area contributed by atoms with Crippen LogP contribution in [0.3, 0.4) is 0 Å². The van der Waals surface area contributed by atoms with Crippen molar-refractivity contribution in [2.24, 2.45) is 0 Å². The van der Waals surface area contributed by atoms with E-state index in [0.717, 1.165) is 13.0 Å². The van der Waals surface area contributed by atoms with E-state index in [1.165, 1.54) is 11.4 Å². The van der Waals surface area contributed by atoms with Gasteiger partial charge in [0.2, 0.25) is 10.0 Å². The van der Waals surface area contributed by atoms with E-state index >= 15 is 0 Å². The predicted molar refractivity (Wildman–Crippen MR) is 86.7 cm³/mol. The number of benzene rings is 1. The number of hydrogen-bond acceptors (Lipinski definition) is 5. The molecule has 6 nitrogen and oxygen atoms in total. The summed E-state index contributed by atoms with van der Waals surface area (Å²) in [4.78, 5) is 11.5. The van der Waals surface area contributed by atoms with Crippen LogP contribution in [0.1, 0.15) is 22.3 Å². The van der Waals surface area contributed by atoms with Gasteiger partial charge in [0.05, 0.1) is 18.4 Å². The van der Waals surface area contributed by atoms with Crippen LogP contribution in [0.5, 0.6) is 0 Å². The van der Waals surface area contributed by atoms with Crippen molar-refractivity contribution in [3.8, 4) is 0 Å². The van der Waals surface area contributed by atoms with Crippen molar-refractivity contribution in [1.29, 1.82) is 0 Å². The van der Waals surface area contributed by atoms with E-state index in [0.29, 0.717) is 30.8 Å². The summed E-state index contributed by atoms with van der Waals surface area (Å²) in [6.07, 6.45) is 0.807. The SMILES string of the molecule is COC(=O)c1cccc(CS(=O)(=O)N2CCCNCC2)c1.Cl. The fourth-order valence-corrected chi connectivity index (χ4v) is 3.87. The molecular weight excluding hydrogens is 328 g/mol. The van der Waals surface area contributed by atoms with Gasteiger partial charge < -0.3 is 10.1 Å². The Labute approximate surface area is 137 Å². The largest absolute Gasteiger partial charge is 0.465 e. The Morgan fingerprint density at radius 1 is 1.32 bits per heavy atom. The number of halogens is 1. The molecule has 1 aromatic rings. The monoisotopic (exact) mass is 348 g/mol. The summed E-state index contributed by atoms with van der Waals surface area (Å²) in [5, 5.41) is 3.18. The van der Waals surface area contributed by atoms with E-state index in [4.69, 9.17) is 0 Å². The fourth-order valence-electron chi connectivity index (χ4n) is 2.31. The van der Waals surface area contributed by atoms with E-state index in [2.05, 4.69) is 10.1 Å². The number of hydrogen-bond donors (Lipinski definition) is 1. The maximum atomic E-state index is 12.4. The van der Waals surface area contributed by atoms with Crippen LogP contribution in [0.4, 0.5) is 0 Å². The molecule has 0 unspecified atom stereocenters. The minimum Gasteiger partial charge on any atom is -0.465 e. The normalized spacial score (nSPS) is 16.4. The molecule has 124 valence electrons. The molecule has 0 amide bonds. The number of nitrogens with zero attached hydrogens (tertiary/aromatic N) is 1. The first kappa shape index (κ1) is 18.9. The molecule has 1 saturated heterocycles. The molecule has 1 N–H and O–H groups in total. The van der Waals surface area contributed by atoms with Crippen molar-refractivity contribution in [2.45, 2.75) is 12.2 Å². The molecule has 0 atom stereocenters. The summed E-state index contributed by atoms with van der Waals surface area (Å²) in [5.41, 5.74) is 0.956. The van der Waals surface area contributed by atoms with Gasteiger partial charge in [-0.1, -0.05) is 12.1 Å². The standard InChI is InChI=1S/C14H20N2O4S.ClH/c1-20-14(17)13-5-2-4-12(10-13)11-21(18,19)16-8-3-6-15-7-9-16;/h2,4-5,10,15H,3,6-9,11H2,1H3;1H. The van der Waals surface area contributed by atoms with Gasteiger partial charge in [-0.3, -0.25) is 0 Å². The van der Waals surface area contributed by atoms with Gasteiger partial charge in [0.15, 0.2) is 0 Å². The molecule has 2 rings (SSSR count). The quantitative estimate of drug-likeness (QED) is 0.822. The molecular formula is C14H21ClN2O4S. The zero-order valence-corrected chi connectivity index (χ0v) is 14.1. The summed E-state index contributed by atoms with van der Waals surface area (Å²) < 4.78 is 31.0. The minimum atomic E-state index is -3.37. The van der Waals surface area contributed by atoms with Crippen molar-refractivity contribution in [3.05, 3.63) is 35.4 Å². The fraction of sp³-hybridized carbons (Fsp3) is 0.500. The molecule has 8 heteroatoms. The molecule has 0 saturated carbocycles. The second kappa shape index (κ2) is 8.47. The van der Waals surface area contributed by atoms with Crippen LogP contribution in [-0.2, 0) is 20.5 Å². The molecule has 0 aromatic heterocycles. The maximum absolute atomic E-state index is 12.4. The number of carbonyl (C=O) groups excluding carboxylic acids is 1. The number of sulfonamides is 1. The van der Waals surface area contributed by atoms with Crippen molar-refractivity contribution < 1.29 is 17.9 Å². The highest BCUT2D eigenvalue weighted by Crippen LogP contribution is 2.14. The van der Waals surface area contributed by atoms with Crippen LogP contribution < -0.4 is 5.32 Å². The van der Waals surface area contributed by atoms with E-state index in [9.17, 15) is 13.2 Å². The highest BCUT2D eigenvalue weighted by Gasteiger charge is 2.23. The Morgan fingerprint density at radius 3 is 2.82 bits per heavy atom. The smallest absolute Gasteiger partial charge is 0.337 e. The van der Waals surface area contributed by atoms with Gasteiger partial charge in [-0.05, 0) is 30.7 Å². The molecule has 0 aliphatic carbocycles. The number of nitrogens with one attached hydrogen (secondary N) is 1. The molecule has 1 aromatic carbocycles. The number of carbonyl (C=O) groups is 1. The topological polar surface area (TPSA) is 75.7 Å². The second-order valence-corrected chi connectivity index (χ2v) is 6.92. The average Bonchev–Trinajstić information content (AvgIpc) is 2.76. The first-order valence-corrected chi connectivity index (χ1v) is 8.49. The summed E-state index contributed by atoms with van der Waals surface area (Å²) >= 11 is 0. The second-order valence-electron chi connectivity index (χ2n) is 4.95. The molecule has 1 fully saturated rings. The first-order valence-electron chi connectivity index (χ1n) is 6.89. The van der Waals surface area contributed by atoms with Crippen LogP contribution in [0.15, 0.2) is 24.3 Å². The summed E-state index contributed by atoms with van der Waals surface area (Å²) in [6, 6.07) is 6.55. The molecule has 1 aliphatic heterocycles. The third kappa shape index (κ3) is 4.95. The van der Waals surface area contributed by atoms with Crippen molar-refractivity contribution in [1.82, 2.24) is 9.62 Å². The third-order valence-corrected chi connectivity index (χ3v) is 5.24. The maximum Gasteiger partial charge on any atom is 0.337 e. The van der Waals surface area contributed by atoms with Crippen molar-refractivity contribution >= 4 is 28.4 Å². The number of rotatable bonds is 4. The van der Waals surface area contributed by atoms with Crippen molar-refractivity contribution in [3.63, 3.8) is 0 Å². The molecule has 22 heavy (non-hydrogen) atoms. The van der Waals surface area contributed by atoms with Gasteiger partial charge in [-0.15, -0.1) is 12.4 Å². The van der Waals surface area contributed by atoms with Gasteiger partial charge in [-0.2, -0.15) is 0 Å². The molecule has 1 aliphatic rings. The Hall–Kier alpha value is -1.15. The summed E-state index contributed by atoms with van der Waals surface area (Å²) in [5.74, 6) is -0.564. The van der Waals surface area contributed by atoms with Gasteiger partial charge in [-0.25, -0.2) is 17.5 Å². The summed E-state index contributed by atoms with van der Waals surface area (Å²) in [7, 11) is -2.07. The minimum absolute atomic E-state index is 0. The van der Waals surface area contributed by atoms with Crippen LogP contribution in [-0.4, -0.2) is 52.0 Å². The highest BCUT2D eigenvalue weighted by molar-refractivity contribution is 7.88. The first-order chi connectivity index (χ1) is 10.0. The van der Waals surface area contributed by atoms with Crippen LogP contribution in [0.2, 0.25) is 0 Å². The highest BCUT2D eigenvalue weighted by atomic mass is 35.5. The number of ether oxygens (including phenoxy) is 1. The van der Waals surface area contributed by atoms with E-state index in [1.807, 2.05) is 0 Å². The van der Waals surface area contributed by atoms with E-state index in [1.54, 1.807) is 24.3 Å². The molecule has 0 radical (unpaired) electrons. The average molecular weight is 349 g/mol. The predicted octanol–water partition coefficient (Wildman–Crippen LogP) is 1.02. The third-order valence-electron chi connectivity index (χ3n) is 3.39. The lowest BCUT2D eigenvalue weighted by Gasteiger charge is -2.19. The van der Waals surface area contributed by atoms with E-state index < -0.39 is 16.0 Å².